The highest BCUT2D eigenvalue weighted by Gasteiger charge is 2.64. The highest BCUT2D eigenvalue weighted by Crippen LogP contribution is 2.37. The predicted octanol–water partition coefficient (Wildman–Crippen LogP) is 1.40. The lowest BCUT2D eigenvalue weighted by Crippen LogP contribution is -2.57. The number of nitrogens with zero attached hydrogens (tertiary/aromatic N) is 2. The van der Waals surface area contributed by atoms with E-state index >= 15 is 0 Å². The molecule has 2 heterocycles. The zero-order valence-corrected chi connectivity index (χ0v) is 21.7. The number of amides is 4. The number of halogens is 5. The first-order valence-corrected chi connectivity index (χ1v) is 12.5. The predicted molar refractivity (Wildman–Crippen MR) is 128 cm³/mol. The molecule has 3 rings (SSSR count). The molecule has 40 heavy (non-hydrogen) atoms. The molecule has 10 nitrogen and oxygen atoms in total. The van der Waals surface area contributed by atoms with Crippen LogP contribution in [0.25, 0.3) is 0 Å². The van der Waals surface area contributed by atoms with Crippen molar-refractivity contribution in [2.45, 2.75) is 44.5 Å². The molecule has 0 bridgehead atoms. The highest BCUT2D eigenvalue weighted by atomic mass is 19.4. The van der Waals surface area contributed by atoms with Gasteiger partial charge in [0.15, 0.2) is 0 Å². The largest absolute Gasteiger partial charge is 0.461 e. The fourth-order valence-corrected chi connectivity index (χ4v) is 4.25. The molecule has 2 aliphatic rings. The van der Waals surface area contributed by atoms with Crippen LogP contribution in [0.15, 0.2) is 24.3 Å². The summed E-state index contributed by atoms with van der Waals surface area (Å²) in [5.41, 5.74) is 0.546. The van der Waals surface area contributed by atoms with Crippen molar-refractivity contribution < 1.29 is 50.7 Å². The van der Waals surface area contributed by atoms with Crippen molar-refractivity contribution in [3.63, 3.8) is 0 Å². The number of hydrogen-bond acceptors (Lipinski definition) is 6. The maximum absolute atomic E-state index is 13.6. The van der Waals surface area contributed by atoms with Crippen molar-refractivity contribution in [1.29, 1.82) is 0 Å². The maximum atomic E-state index is 13.6. The topological polar surface area (TPSA) is 125 Å². The van der Waals surface area contributed by atoms with Crippen LogP contribution in [0.1, 0.15) is 41.0 Å². The number of hydrogen-bond donors (Lipinski definition) is 2. The number of carbonyl (C=O) groups is 5. The van der Waals surface area contributed by atoms with E-state index in [0.717, 1.165) is 4.90 Å². The van der Waals surface area contributed by atoms with E-state index in [-0.39, 0.29) is 24.4 Å². The summed E-state index contributed by atoms with van der Waals surface area (Å²) in [5, 5.41) is 4.40. The fourth-order valence-electron chi connectivity index (χ4n) is 4.25. The van der Waals surface area contributed by atoms with Gasteiger partial charge in [-0.05, 0) is 36.6 Å². The van der Waals surface area contributed by atoms with Gasteiger partial charge in [0.1, 0.15) is 6.04 Å². The number of ketones is 1. The number of nitrogens with one attached hydrogen (secondary N) is 2. The number of carbonyl (C=O) groups excluding carboxylic acids is 5. The number of likely N-dealkylation sites (tertiary alicyclic amines) is 1. The van der Waals surface area contributed by atoms with Crippen molar-refractivity contribution >= 4 is 29.4 Å². The molecule has 1 aromatic rings. The van der Waals surface area contributed by atoms with E-state index in [0.29, 0.717) is 31.9 Å². The Morgan fingerprint density at radius 2 is 1.55 bits per heavy atom. The molecule has 4 amide bonds. The van der Waals surface area contributed by atoms with Crippen LogP contribution in [0.3, 0.4) is 0 Å². The molecule has 0 spiro atoms. The van der Waals surface area contributed by atoms with Crippen molar-refractivity contribution in [2.75, 3.05) is 39.4 Å². The summed E-state index contributed by atoms with van der Waals surface area (Å²) in [6, 6.07) is 2.65. The van der Waals surface area contributed by atoms with Gasteiger partial charge in [-0.15, -0.1) is 0 Å². The molecular formula is C25H29F5N4O6. The molecule has 0 aromatic heterocycles. The first-order chi connectivity index (χ1) is 18.6. The quantitative estimate of drug-likeness (QED) is 0.429. The number of ether oxygens (including phenoxy) is 1. The standard InChI is InChI=1S/C25H29F5N4O6/c1-14(2)19(20(36)24(26,27)25(28,29)30)32-18(35)13-34-8-7-17(23(34)39)31-21(37)15-3-5-16(6-4-15)22(38)33-9-11-40-12-10-33/h3-6,14,17,19H,7-13H2,1-2H3,(H,31,37)(H,32,35)/t17-,19?/m1/s1. The zero-order valence-electron chi connectivity index (χ0n) is 21.7. The van der Waals surface area contributed by atoms with Gasteiger partial charge in [0, 0.05) is 30.8 Å². The molecule has 15 heteroatoms. The molecular weight excluding hydrogens is 547 g/mol. The third-order valence-corrected chi connectivity index (χ3v) is 6.56. The molecule has 2 aliphatic heterocycles. The fraction of sp³-hybridized carbons (Fsp3) is 0.560. The Hall–Kier alpha value is -3.62. The van der Waals surface area contributed by atoms with E-state index in [1.54, 1.807) is 4.90 Å². The lowest BCUT2D eigenvalue weighted by Gasteiger charge is -2.27. The van der Waals surface area contributed by atoms with Gasteiger partial charge in [-0.2, -0.15) is 22.0 Å². The van der Waals surface area contributed by atoms with Crippen LogP contribution in [-0.4, -0.2) is 103 Å². The average molecular weight is 577 g/mol. The zero-order chi connectivity index (χ0) is 29.8. The lowest BCUT2D eigenvalue weighted by molar-refractivity contribution is -0.269. The van der Waals surface area contributed by atoms with Gasteiger partial charge in [-0.25, -0.2) is 0 Å². The van der Waals surface area contributed by atoms with Gasteiger partial charge in [0.25, 0.3) is 11.8 Å². The molecule has 1 aromatic carbocycles. The van der Waals surface area contributed by atoms with E-state index in [1.165, 1.54) is 38.1 Å². The van der Waals surface area contributed by atoms with E-state index in [1.807, 2.05) is 5.32 Å². The van der Waals surface area contributed by atoms with Crippen LogP contribution in [0.2, 0.25) is 0 Å². The first kappa shape index (κ1) is 30.9. The second-order valence-electron chi connectivity index (χ2n) is 9.78. The Morgan fingerprint density at radius 3 is 2.10 bits per heavy atom. The highest BCUT2D eigenvalue weighted by molar-refractivity contribution is 6.00. The second kappa shape index (κ2) is 12.3. The van der Waals surface area contributed by atoms with Crippen LogP contribution in [-0.2, 0) is 19.1 Å². The first-order valence-electron chi connectivity index (χ1n) is 12.5. The Morgan fingerprint density at radius 1 is 0.975 bits per heavy atom. The SMILES string of the molecule is CC(C)C(NC(=O)CN1CC[C@@H](NC(=O)c2ccc(C(=O)N3CCOCC3)cc2)C1=O)C(=O)C(F)(F)C(F)(F)F. The average Bonchev–Trinajstić information content (AvgIpc) is 3.24. The van der Waals surface area contributed by atoms with Crippen molar-refractivity contribution in [3.8, 4) is 0 Å². The molecule has 2 saturated heterocycles. The number of alkyl halides is 5. The third-order valence-electron chi connectivity index (χ3n) is 6.56. The number of morpholine rings is 1. The van der Waals surface area contributed by atoms with Gasteiger partial charge >= 0.3 is 12.1 Å². The van der Waals surface area contributed by atoms with Gasteiger partial charge in [0.05, 0.1) is 25.8 Å². The summed E-state index contributed by atoms with van der Waals surface area (Å²) >= 11 is 0. The minimum atomic E-state index is -6.13. The van der Waals surface area contributed by atoms with Crippen LogP contribution in [0, 0.1) is 5.92 Å². The minimum absolute atomic E-state index is 0.0107. The Kier molecular flexibility index (Phi) is 9.48. The van der Waals surface area contributed by atoms with Crippen LogP contribution >= 0.6 is 0 Å². The normalized spacial score (nSPS) is 19.0. The molecule has 0 aliphatic carbocycles. The maximum Gasteiger partial charge on any atom is 0.461 e. The van der Waals surface area contributed by atoms with E-state index in [9.17, 15) is 45.9 Å². The summed E-state index contributed by atoms with van der Waals surface area (Å²) in [5.74, 6) is -11.9. The molecule has 2 N–H and O–H groups in total. The summed E-state index contributed by atoms with van der Waals surface area (Å²) < 4.78 is 70.2. The summed E-state index contributed by atoms with van der Waals surface area (Å²) in [6.07, 6.45) is -6.03. The monoisotopic (exact) mass is 576 g/mol. The van der Waals surface area contributed by atoms with Gasteiger partial charge in [-0.3, -0.25) is 24.0 Å². The Bertz CT molecular complexity index is 1140. The summed E-state index contributed by atoms with van der Waals surface area (Å²) in [6.45, 7) is 3.43. The van der Waals surface area contributed by atoms with Crippen LogP contribution in [0.5, 0.6) is 0 Å². The van der Waals surface area contributed by atoms with Crippen molar-refractivity contribution in [2.24, 2.45) is 5.92 Å². The molecule has 0 saturated carbocycles. The Labute approximate surface area is 226 Å². The summed E-state index contributed by atoms with van der Waals surface area (Å²) in [4.78, 5) is 64.8. The van der Waals surface area contributed by atoms with Crippen molar-refractivity contribution in [1.82, 2.24) is 20.4 Å². The smallest absolute Gasteiger partial charge is 0.378 e. The van der Waals surface area contributed by atoms with Gasteiger partial charge in [-0.1, -0.05) is 13.8 Å². The van der Waals surface area contributed by atoms with Crippen molar-refractivity contribution in [3.05, 3.63) is 35.4 Å². The molecule has 2 fully saturated rings. The summed E-state index contributed by atoms with van der Waals surface area (Å²) in [7, 11) is 0. The third kappa shape index (κ3) is 6.92. The molecule has 1 unspecified atom stereocenters. The number of Topliss-reactive ketones (excluding diaryl/α,β-unsaturated/α-hetero) is 1. The van der Waals surface area contributed by atoms with E-state index < -0.39 is 60.1 Å². The number of benzene rings is 1. The van der Waals surface area contributed by atoms with E-state index in [4.69, 9.17) is 4.74 Å². The molecule has 2 atom stereocenters. The van der Waals surface area contributed by atoms with Crippen LogP contribution < -0.4 is 10.6 Å². The second-order valence-corrected chi connectivity index (χ2v) is 9.78. The minimum Gasteiger partial charge on any atom is -0.378 e. The molecule has 220 valence electrons. The molecule has 0 radical (unpaired) electrons. The van der Waals surface area contributed by atoms with Gasteiger partial charge < -0.3 is 25.2 Å². The Balaban J connectivity index is 1.55. The van der Waals surface area contributed by atoms with E-state index in [2.05, 4.69) is 5.32 Å². The number of rotatable bonds is 9. The lowest BCUT2D eigenvalue weighted by atomic mass is 9.95. The van der Waals surface area contributed by atoms with Gasteiger partial charge in [0.2, 0.25) is 17.6 Å². The van der Waals surface area contributed by atoms with Crippen LogP contribution in [0.4, 0.5) is 22.0 Å².